The molecule has 2 aliphatic rings. The highest BCUT2D eigenvalue weighted by Crippen LogP contribution is 2.38. The summed E-state index contributed by atoms with van der Waals surface area (Å²) in [6.45, 7) is 7.72. The predicted octanol–water partition coefficient (Wildman–Crippen LogP) is 3.66. The van der Waals surface area contributed by atoms with Crippen LogP contribution in [0.2, 0.25) is 0 Å². The van der Waals surface area contributed by atoms with E-state index < -0.39 is 0 Å². The zero-order valence-corrected chi connectivity index (χ0v) is 13.6. The molecule has 0 amide bonds. The van der Waals surface area contributed by atoms with E-state index in [4.69, 9.17) is 4.98 Å². The monoisotopic (exact) mass is 293 g/mol. The molecule has 20 heavy (non-hydrogen) atoms. The second kappa shape index (κ2) is 6.44. The van der Waals surface area contributed by atoms with Gasteiger partial charge in [-0.1, -0.05) is 33.1 Å². The first-order valence-corrected chi connectivity index (χ1v) is 9.03. The molecule has 0 aromatic carbocycles. The Morgan fingerprint density at radius 3 is 2.90 bits per heavy atom. The number of nitrogens with one attached hydrogen (secondary N) is 1. The number of aromatic nitrogens is 1. The third-order valence-corrected chi connectivity index (χ3v) is 5.74. The van der Waals surface area contributed by atoms with Gasteiger partial charge in [0.2, 0.25) is 0 Å². The summed E-state index contributed by atoms with van der Waals surface area (Å²) in [5.41, 5.74) is 1.20. The Morgan fingerprint density at radius 1 is 1.30 bits per heavy atom. The average Bonchev–Trinajstić information content (AvgIpc) is 2.93. The highest BCUT2D eigenvalue weighted by atomic mass is 32.1. The van der Waals surface area contributed by atoms with Gasteiger partial charge in [-0.25, -0.2) is 4.98 Å². The largest absolute Gasteiger partial charge is 0.348 e. The minimum Gasteiger partial charge on any atom is -0.348 e. The molecule has 3 nitrogen and oxygen atoms in total. The number of anilines is 1. The van der Waals surface area contributed by atoms with Crippen molar-refractivity contribution in [2.24, 2.45) is 11.8 Å². The third kappa shape index (κ3) is 3.34. The van der Waals surface area contributed by atoms with Crippen molar-refractivity contribution in [2.45, 2.75) is 58.5 Å². The Kier molecular flexibility index (Phi) is 4.61. The fourth-order valence-electron chi connectivity index (χ4n) is 3.61. The minimum atomic E-state index is 0.526. The summed E-state index contributed by atoms with van der Waals surface area (Å²) in [4.78, 5) is 7.36. The Hall–Kier alpha value is -0.610. The van der Waals surface area contributed by atoms with E-state index in [0.29, 0.717) is 6.04 Å². The van der Waals surface area contributed by atoms with E-state index >= 15 is 0 Å². The molecule has 2 atom stereocenters. The summed E-state index contributed by atoms with van der Waals surface area (Å²) in [5.74, 6) is 1.93. The highest BCUT2D eigenvalue weighted by molar-refractivity contribution is 7.13. The summed E-state index contributed by atoms with van der Waals surface area (Å²) in [6, 6.07) is 0.526. The molecule has 0 radical (unpaired) electrons. The number of rotatable bonds is 4. The first-order chi connectivity index (χ1) is 9.72. The van der Waals surface area contributed by atoms with E-state index in [0.717, 1.165) is 18.4 Å². The maximum atomic E-state index is 4.83. The second-order valence-corrected chi connectivity index (χ2v) is 7.53. The van der Waals surface area contributed by atoms with Crippen LogP contribution in [0, 0.1) is 11.8 Å². The van der Waals surface area contributed by atoms with Crippen molar-refractivity contribution in [3.05, 3.63) is 11.1 Å². The van der Waals surface area contributed by atoms with Crippen LogP contribution in [-0.4, -0.2) is 24.1 Å². The Balaban J connectivity index is 1.59. The third-order valence-electron chi connectivity index (χ3n) is 4.79. The molecule has 2 heterocycles. The van der Waals surface area contributed by atoms with Crippen LogP contribution in [0.15, 0.2) is 5.38 Å². The summed E-state index contributed by atoms with van der Waals surface area (Å²) in [6.07, 6.45) is 7.19. The van der Waals surface area contributed by atoms with Crippen LogP contribution in [0.3, 0.4) is 0 Å². The number of piperidine rings is 1. The van der Waals surface area contributed by atoms with Crippen LogP contribution in [0.1, 0.15) is 51.6 Å². The maximum absolute atomic E-state index is 4.83. The number of nitrogens with zero attached hydrogens (tertiary/aromatic N) is 2. The minimum absolute atomic E-state index is 0.526. The van der Waals surface area contributed by atoms with Crippen molar-refractivity contribution in [1.29, 1.82) is 0 Å². The van der Waals surface area contributed by atoms with Crippen LogP contribution in [0.25, 0.3) is 0 Å². The van der Waals surface area contributed by atoms with E-state index in [1.165, 1.54) is 56.0 Å². The second-order valence-electron chi connectivity index (χ2n) is 6.70. The molecule has 1 aromatic rings. The summed E-state index contributed by atoms with van der Waals surface area (Å²) in [7, 11) is 0. The van der Waals surface area contributed by atoms with Gasteiger partial charge < -0.3 is 10.2 Å². The quantitative estimate of drug-likeness (QED) is 0.918. The van der Waals surface area contributed by atoms with E-state index in [1.54, 1.807) is 0 Å². The van der Waals surface area contributed by atoms with Gasteiger partial charge in [0.05, 0.1) is 5.69 Å². The van der Waals surface area contributed by atoms with Gasteiger partial charge in [-0.05, 0) is 24.7 Å². The first-order valence-electron chi connectivity index (χ1n) is 8.15. The molecular weight excluding hydrogens is 266 g/mol. The molecule has 112 valence electrons. The van der Waals surface area contributed by atoms with Crippen molar-refractivity contribution in [2.75, 3.05) is 18.0 Å². The van der Waals surface area contributed by atoms with Gasteiger partial charge in [0, 0.05) is 31.1 Å². The first kappa shape index (κ1) is 14.3. The average molecular weight is 293 g/mol. The van der Waals surface area contributed by atoms with Gasteiger partial charge in [0.25, 0.3) is 0 Å². The van der Waals surface area contributed by atoms with Crippen molar-refractivity contribution in [3.8, 4) is 0 Å². The lowest BCUT2D eigenvalue weighted by molar-refractivity contribution is 0.202. The van der Waals surface area contributed by atoms with Crippen molar-refractivity contribution in [3.63, 3.8) is 0 Å². The molecule has 2 fully saturated rings. The zero-order chi connectivity index (χ0) is 13.9. The molecule has 0 spiro atoms. The molecule has 0 bridgehead atoms. The highest BCUT2D eigenvalue weighted by Gasteiger charge is 2.31. The molecule has 2 unspecified atom stereocenters. The molecular formula is C16H27N3S. The van der Waals surface area contributed by atoms with Gasteiger partial charge in [0.1, 0.15) is 0 Å². The lowest BCUT2D eigenvalue weighted by Crippen LogP contribution is -2.41. The normalized spacial score (nSPS) is 26.9. The molecule has 3 rings (SSSR count). The van der Waals surface area contributed by atoms with Crippen molar-refractivity contribution >= 4 is 16.5 Å². The van der Waals surface area contributed by atoms with Gasteiger partial charge in [0.15, 0.2) is 5.13 Å². The van der Waals surface area contributed by atoms with Gasteiger partial charge >= 0.3 is 0 Å². The maximum Gasteiger partial charge on any atom is 0.185 e. The lowest BCUT2D eigenvalue weighted by atomic mass is 9.75. The number of fused-ring (bicyclic) bond motifs is 1. The van der Waals surface area contributed by atoms with Crippen LogP contribution in [0.4, 0.5) is 5.13 Å². The van der Waals surface area contributed by atoms with Crippen LogP contribution >= 0.6 is 11.3 Å². The fraction of sp³-hybridized carbons (Fsp3) is 0.812. The van der Waals surface area contributed by atoms with Gasteiger partial charge in [-0.15, -0.1) is 11.3 Å². The van der Waals surface area contributed by atoms with E-state index in [2.05, 4.69) is 29.4 Å². The van der Waals surface area contributed by atoms with E-state index in [9.17, 15) is 0 Å². The van der Waals surface area contributed by atoms with Crippen molar-refractivity contribution in [1.82, 2.24) is 10.3 Å². The lowest BCUT2D eigenvalue weighted by Gasteiger charge is -2.41. The SMILES string of the molecule is CC(C)NCc1csc(N2CCC3CCCCC3C2)n1. The number of hydrogen-bond acceptors (Lipinski definition) is 4. The van der Waals surface area contributed by atoms with Crippen LogP contribution in [0.5, 0.6) is 0 Å². The smallest absolute Gasteiger partial charge is 0.185 e. The van der Waals surface area contributed by atoms with Gasteiger partial charge in [-0.2, -0.15) is 0 Å². The molecule has 1 saturated heterocycles. The summed E-state index contributed by atoms with van der Waals surface area (Å²) < 4.78 is 0. The van der Waals surface area contributed by atoms with Gasteiger partial charge in [-0.3, -0.25) is 0 Å². The topological polar surface area (TPSA) is 28.2 Å². The zero-order valence-electron chi connectivity index (χ0n) is 12.8. The van der Waals surface area contributed by atoms with Crippen LogP contribution in [-0.2, 0) is 6.54 Å². The Morgan fingerprint density at radius 2 is 2.10 bits per heavy atom. The predicted molar refractivity (Wildman–Crippen MR) is 86.4 cm³/mol. The standard InChI is InChI=1S/C16H27N3S/c1-12(2)17-9-15-11-20-16(18-15)19-8-7-13-5-3-4-6-14(13)10-19/h11-14,17H,3-10H2,1-2H3. The summed E-state index contributed by atoms with van der Waals surface area (Å²) in [5, 5.41) is 6.91. The van der Waals surface area contributed by atoms with E-state index in [-0.39, 0.29) is 0 Å². The fourth-order valence-corrected chi connectivity index (χ4v) is 4.47. The Bertz CT molecular complexity index is 429. The molecule has 4 heteroatoms. The van der Waals surface area contributed by atoms with Crippen LogP contribution < -0.4 is 10.2 Å². The van der Waals surface area contributed by atoms with E-state index in [1.807, 2.05) is 11.3 Å². The Labute approximate surface area is 126 Å². The molecule has 1 aromatic heterocycles. The number of thiazole rings is 1. The molecule has 1 N–H and O–H groups in total. The molecule has 1 aliphatic heterocycles. The molecule has 1 aliphatic carbocycles. The number of hydrogen-bond donors (Lipinski definition) is 1. The molecule has 1 saturated carbocycles. The van der Waals surface area contributed by atoms with Crippen molar-refractivity contribution < 1.29 is 0 Å². The summed E-state index contributed by atoms with van der Waals surface area (Å²) >= 11 is 1.82.